The van der Waals surface area contributed by atoms with Crippen molar-refractivity contribution in [2.24, 2.45) is 0 Å². The van der Waals surface area contributed by atoms with Gasteiger partial charge in [0.25, 0.3) is 0 Å². The maximum atomic E-state index is 9.47. The van der Waals surface area contributed by atoms with Gasteiger partial charge in [-0.3, -0.25) is 0 Å². The summed E-state index contributed by atoms with van der Waals surface area (Å²) in [4.78, 5) is 0. The van der Waals surface area contributed by atoms with Crippen molar-refractivity contribution in [1.29, 1.82) is 10.5 Å². The Morgan fingerprint density at radius 1 is 0.833 bits per heavy atom. The van der Waals surface area contributed by atoms with Gasteiger partial charge in [-0.25, -0.2) is 0 Å². The molecule has 1 aromatic rings. The van der Waals surface area contributed by atoms with Crippen LogP contribution in [0.15, 0.2) is 12.1 Å². The largest absolute Gasteiger partial charge is 0.487 e. The van der Waals surface area contributed by atoms with E-state index in [1.807, 2.05) is 13.8 Å². The molecule has 2 atom stereocenters. The van der Waals surface area contributed by atoms with E-state index in [0.717, 1.165) is 12.8 Å². The van der Waals surface area contributed by atoms with Gasteiger partial charge in [0.2, 0.25) is 0 Å². The van der Waals surface area contributed by atoms with Crippen molar-refractivity contribution in [3.63, 3.8) is 0 Å². The molecule has 1 aromatic carbocycles. The van der Waals surface area contributed by atoms with Gasteiger partial charge >= 0.3 is 0 Å². The molecule has 0 aliphatic rings. The number of hydrogen-bond acceptors (Lipinski definition) is 6. The van der Waals surface area contributed by atoms with Gasteiger partial charge in [0.1, 0.15) is 47.0 Å². The lowest BCUT2D eigenvalue weighted by Gasteiger charge is -2.21. The lowest BCUT2D eigenvalue weighted by Crippen LogP contribution is -2.23. The topological polar surface area (TPSA) is 84.5 Å². The number of rotatable bonds is 10. The molecule has 2 unspecified atom stereocenters. The van der Waals surface area contributed by atoms with E-state index >= 15 is 0 Å². The standard InChI is InChI=1S/C18H24N2O4/c1-5-13(11-21-3)23-17-7-8-18(16(10-20)15(17)9-19)24-14(6-2)12-22-4/h7-8,13-14H,5-6,11-12H2,1-4H3. The van der Waals surface area contributed by atoms with Crippen molar-refractivity contribution in [3.8, 4) is 23.6 Å². The molecule has 0 saturated carbocycles. The van der Waals surface area contributed by atoms with Gasteiger partial charge in [-0.15, -0.1) is 0 Å². The number of methoxy groups -OCH3 is 2. The number of ether oxygens (including phenoxy) is 4. The number of benzene rings is 1. The first-order valence-corrected chi connectivity index (χ1v) is 7.93. The van der Waals surface area contributed by atoms with Crippen LogP contribution in [0.25, 0.3) is 0 Å². The van der Waals surface area contributed by atoms with Crippen molar-refractivity contribution in [2.75, 3.05) is 27.4 Å². The molecule has 6 nitrogen and oxygen atoms in total. The molecule has 0 bridgehead atoms. The molecule has 0 aliphatic heterocycles. The molecule has 0 spiro atoms. The molecule has 1 rings (SSSR count). The fourth-order valence-electron chi connectivity index (χ4n) is 2.18. The van der Waals surface area contributed by atoms with Crippen molar-refractivity contribution in [1.82, 2.24) is 0 Å². The summed E-state index contributed by atoms with van der Waals surface area (Å²) in [5, 5.41) is 18.9. The van der Waals surface area contributed by atoms with E-state index in [2.05, 4.69) is 12.1 Å². The van der Waals surface area contributed by atoms with E-state index in [1.54, 1.807) is 26.4 Å². The maximum Gasteiger partial charge on any atom is 0.139 e. The van der Waals surface area contributed by atoms with Crippen LogP contribution in [0.1, 0.15) is 37.8 Å². The Labute approximate surface area is 143 Å². The summed E-state index contributed by atoms with van der Waals surface area (Å²) in [5.74, 6) is 0.732. The van der Waals surface area contributed by atoms with E-state index in [4.69, 9.17) is 18.9 Å². The Bertz CT molecular complexity index is 551. The van der Waals surface area contributed by atoms with Crippen LogP contribution >= 0.6 is 0 Å². The van der Waals surface area contributed by atoms with Crippen LogP contribution in [-0.2, 0) is 9.47 Å². The predicted octanol–water partition coefficient (Wildman–Crippen LogP) is 3.04. The van der Waals surface area contributed by atoms with Crippen LogP contribution in [0.3, 0.4) is 0 Å². The normalized spacial score (nSPS) is 12.8. The molecule has 6 heteroatoms. The predicted molar refractivity (Wildman–Crippen MR) is 89.0 cm³/mol. The highest BCUT2D eigenvalue weighted by molar-refractivity contribution is 5.60. The minimum absolute atomic E-state index is 0.178. The molecule has 0 saturated heterocycles. The zero-order chi connectivity index (χ0) is 17.9. The van der Waals surface area contributed by atoms with E-state index in [1.165, 1.54) is 0 Å². The first-order chi connectivity index (χ1) is 11.6. The Balaban J connectivity index is 3.15. The van der Waals surface area contributed by atoms with E-state index < -0.39 is 0 Å². The Kier molecular flexibility index (Phi) is 8.64. The van der Waals surface area contributed by atoms with Crippen LogP contribution in [-0.4, -0.2) is 39.6 Å². The summed E-state index contributed by atoms with van der Waals surface area (Å²) in [6.45, 7) is 4.75. The van der Waals surface area contributed by atoms with Gasteiger partial charge in [0.05, 0.1) is 13.2 Å². The average Bonchev–Trinajstić information content (AvgIpc) is 2.61. The number of hydrogen-bond donors (Lipinski definition) is 0. The van der Waals surface area contributed by atoms with Gasteiger partial charge in [-0.05, 0) is 25.0 Å². The summed E-state index contributed by atoms with van der Waals surface area (Å²) in [6.07, 6.45) is 1.09. The monoisotopic (exact) mass is 332 g/mol. The highest BCUT2D eigenvalue weighted by Gasteiger charge is 2.20. The van der Waals surface area contributed by atoms with Gasteiger partial charge in [0.15, 0.2) is 0 Å². The third kappa shape index (κ3) is 5.13. The second kappa shape index (κ2) is 10.5. The third-order valence-electron chi connectivity index (χ3n) is 3.56. The zero-order valence-electron chi connectivity index (χ0n) is 14.7. The molecule has 0 amide bonds. The van der Waals surface area contributed by atoms with Crippen LogP contribution in [0.2, 0.25) is 0 Å². The second-order valence-corrected chi connectivity index (χ2v) is 5.24. The fourth-order valence-corrected chi connectivity index (χ4v) is 2.18. The van der Waals surface area contributed by atoms with Crippen molar-refractivity contribution >= 4 is 0 Å². The summed E-state index contributed by atoms with van der Waals surface area (Å²) in [5.41, 5.74) is 0.355. The molecule has 0 aliphatic carbocycles. The van der Waals surface area contributed by atoms with E-state index in [9.17, 15) is 10.5 Å². The molecule has 24 heavy (non-hydrogen) atoms. The first kappa shape index (κ1) is 19.8. The fraction of sp³-hybridized carbons (Fsp3) is 0.556. The zero-order valence-corrected chi connectivity index (χ0v) is 14.7. The molecule has 130 valence electrons. The Morgan fingerprint density at radius 2 is 1.21 bits per heavy atom. The molecule has 0 aromatic heterocycles. The van der Waals surface area contributed by atoms with Crippen LogP contribution in [0.5, 0.6) is 11.5 Å². The first-order valence-electron chi connectivity index (χ1n) is 7.93. The Morgan fingerprint density at radius 3 is 1.46 bits per heavy atom. The van der Waals surface area contributed by atoms with Crippen LogP contribution in [0, 0.1) is 22.7 Å². The SMILES string of the molecule is CCC(COC)Oc1ccc(OC(CC)COC)c(C#N)c1C#N. The second-order valence-electron chi connectivity index (χ2n) is 5.24. The highest BCUT2D eigenvalue weighted by Crippen LogP contribution is 2.31. The van der Waals surface area contributed by atoms with Crippen LogP contribution in [0.4, 0.5) is 0 Å². The van der Waals surface area contributed by atoms with Crippen LogP contribution < -0.4 is 9.47 Å². The third-order valence-corrected chi connectivity index (χ3v) is 3.56. The molecular weight excluding hydrogens is 308 g/mol. The van der Waals surface area contributed by atoms with Crippen molar-refractivity contribution in [3.05, 3.63) is 23.3 Å². The Hall–Kier alpha value is -2.28. The van der Waals surface area contributed by atoms with Crippen molar-refractivity contribution in [2.45, 2.75) is 38.9 Å². The molecule has 0 heterocycles. The number of nitriles is 2. The minimum Gasteiger partial charge on any atom is -0.487 e. The van der Waals surface area contributed by atoms with Gasteiger partial charge in [-0.2, -0.15) is 10.5 Å². The van der Waals surface area contributed by atoms with Gasteiger partial charge in [0, 0.05) is 14.2 Å². The lowest BCUT2D eigenvalue weighted by molar-refractivity contribution is 0.0760. The van der Waals surface area contributed by atoms with E-state index in [0.29, 0.717) is 24.7 Å². The molecule has 0 radical (unpaired) electrons. The molecular formula is C18H24N2O4. The maximum absolute atomic E-state index is 9.47. The van der Waals surface area contributed by atoms with Gasteiger partial charge in [-0.1, -0.05) is 13.8 Å². The number of nitrogens with zero attached hydrogens (tertiary/aromatic N) is 2. The molecule has 0 fully saturated rings. The summed E-state index contributed by atoms with van der Waals surface area (Å²) in [6, 6.07) is 7.42. The summed E-state index contributed by atoms with van der Waals surface area (Å²) < 4.78 is 21.9. The smallest absolute Gasteiger partial charge is 0.139 e. The lowest BCUT2D eigenvalue weighted by atomic mass is 10.1. The summed E-state index contributed by atoms with van der Waals surface area (Å²) >= 11 is 0. The minimum atomic E-state index is -0.183. The van der Waals surface area contributed by atoms with Crippen molar-refractivity contribution < 1.29 is 18.9 Å². The average molecular weight is 332 g/mol. The van der Waals surface area contributed by atoms with Gasteiger partial charge < -0.3 is 18.9 Å². The quantitative estimate of drug-likeness (QED) is 0.655. The summed E-state index contributed by atoms with van der Waals surface area (Å²) in [7, 11) is 3.19. The highest BCUT2D eigenvalue weighted by atomic mass is 16.5. The van der Waals surface area contributed by atoms with E-state index in [-0.39, 0.29) is 23.3 Å². The molecule has 0 N–H and O–H groups in total.